The van der Waals surface area contributed by atoms with Gasteiger partial charge < -0.3 is 126 Å². The van der Waals surface area contributed by atoms with Crippen LogP contribution in [0.25, 0.3) is 0 Å². The van der Waals surface area contributed by atoms with Crippen LogP contribution in [0.4, 0.5) is 8.78 Å². The molecule has 0 bridgehead atoms. The monoisotopic (exact) mass is 931 g/mol. The van der Waals surface area contributed by atoms with E-state index >= 15 is 0 Å². The van der Waals surface area contributed by atoms with Gasteiger partial charge in [0.1, 0.15) is 61.5 Å². The minimum absolute atomic E-state index is 0.269. The highest BCUT2D eigenvalue weighted by Gasteiger charge is 2.71. The summed E-state index contributed by atoms with van der Waals surface area (Å²) in [6, 6.07) is 0. The van der Waals surface area contributed by atoms with Gasteiger partial charge in [-0.05, 0) is 25.7 Å². The van der Waals surface area contributed by atoms with Crippen LogP contribution in [0, 0.1) is 23.7 Å². The van der Waals surface area contributed by atoms with Crippen molar-refractivity contribution in [1.29, 1.82) is 0 Å². The molecule has 4 heterocycles. The second-order valence-corrected chi connectivity index (χ2v) is 16.7. The Morgan fingerprint density at radius 2 is 1.30 bits per heavy atom. The Balaban J connectivity index is 1.31. The smallest absolute Gasteiger partial charge is 0.283 e. The first-order valence-electron chi connectivity index (χ1n) is 20.6. The zero-order valence-corrected chi connectivity index (χ0v) is 33.8. The molecule has 5 rings (SSSR count). The van der Waals surface area contributed by atoms with Crippen molar-refractivity contribution in [3.8, 4) is 0 Å². The van der Waals surface area contributed by atoms with Crippen molar-refractivity contribution in [2.24, 2.45) is 29.4 Å². The SMILES string of the molecule is NCC(F)(F)COC1OC1C1OC(O)(C(O)C(O)C2OC(O)(C(O)C3C(O)C(O)C(CO)C3OC(O)C(OC3OC3C(O)C(O)CCO)C(O)C(O)CCO)C2CCO)C1CCO. The summed E-state index contributed by atoms with van der Waals surface area (Å²) in [4.78, 5) is 0. The summed E-state index contributed by atoms with van der Waals surface area (Å²) >= 11 is 0. The molecule has 0 aromatic heterocycles. The van der Waals surface area contributed by atoms with Gasteiger partial charge >= 0.3 is 0 Å². The largest absolute Gasteiger partial charge is 0.396 e. The summed E-state index contributed by atoms with van der Waals surface area (Å²) in [5.74, 6) is -15.3. The highest BCUT2D eigenvalue weighted by molar-refractivity contribution is 5.13. The molecule has 24 unspecified atom stereocenters. The first-order chi connectivity index (χ1) is 29.6. The fourth-order valence-corrected chi connectivity index (χ4v) is 8.88. The molecule has 27 heteroatoms. The molecule has 4 aliphatic heterocycles. The lowest BCUT2D eigenvalue weighted by Crippen LogP contribution is -2.76. The molecule has 1 aliphatic carbocycles. The van der Waals surface area contributed by atoms with E-state index in [1.165, 1.54) is 0 Å². The zero-order valence-electron chi connectivity index (χ0n) is 33.8. The van der Waals surface area contributed by atoms with Crippen molar-refractivity contribution in [3.05, 3.63) is 0 Å². The van der Waals surface area contributed by atoms with E-state index in [1.807, 2.05) is 0 Å². The number of hydrogen-bond donors (Lipinski definition) is 18. The Kier molecular flexibility index (Phi) is 18.0. The lowest BCUT2D eigenvalue weighted by atomic mass is 9.70. The molecule has 0 spiro atoms. The van der Waals surface area contributed by atoms with E-state index in [9.17, 15) is 90.5 Å². The van der Waals surface area contributed by atoms with Gasteiger partial charge in [0.2, 0.25) is 5.79 Å². The Hall–Kier alpha value is -1.14. The van der Waals surface area contributed by atoms with Crippen molar-refractivity contribution in [1.82, 2.24) is 0 Å². The molecule has 5 aliphatic rings. The van der Waals surface area contributed by atoms with Crippen LogP contribution in [0.5, 0.6) is 0 Å². The minimum atomic E-state index is -3.37. The van der Waals surface area contributed by atoms with Gasteiger partial charge in [-0.3, -0.25) is 0 Å². The molecular formula is C36H63F2NO24. The third-order valence-corrected chi connectivity index (χ3v) is 12.7. The van der Waals surface area contributed by atoms with Crippen LogP contribution in [0.1, 0.15) is 25.7 Å². The number of aliphatic hydroxyl groups is 17. The number of ether oxygens (including phenoxy) is 7. The number of nitrogens with two attached hydrogens (primary N) is 1. The second kappa shape index (κ2) is 21.4. The summed E-state index contributed by atoms with van der Waals surface area (Å²) in [5.41, 5.74) is 5.01. The summed E-state index contributed by atoms with van der Waals surface area (Å²) in [6.45, 7) is -5.66. The molecule has 1 saturated carbocycles. The Labute approximate surface area is 357 Å². The zero-order chi connectivity index (χ0) is 46.9. The van der Waals surface area contributed by atoms with Crippen molar-refractivity contribution in [3.63, 3.8) is 0 Å². The van der Waals surface area contributed by atoms with Crippen LogP contribution in [-0.4, -0.2) is 261 Å². The predicted octanol–water partition coefficient (Wildman–Crippen LogP) is -9.44. The third kappa shape index (κ3) is 10.8. The van der Waals surface area contributed by atoms with Crippen molar-refractivity contribution in [2.75, 3.05) is 46.2 Å². The fourth-order valence-electron chi connectivity index (χ4n) is 8.88. The standard InChI is InChI=1S/C36H63F2NO24/c37-34(38,10-39)11-57-32-28(61-32)25-14(2-6-41)36(56,63-25)30(53)22(51)24-13(1-5-40)35(55,62-24)29(52)17-21(50)18(47)12(9-44)23(17)58-31(54)26(19(48)15(45)3-7-42)59-33-27(60-33)20(49)16(46)4-8-43/h12-33,40-56H,1-11,39H2. The average molecular weight is 932 g/mol. The predicted molar refractivity (Wildman–Crippen MR) is 195 cm³/mol. The van der Waals surface area contributed by atoms with Crippen LogP contribution in [0.2, 0.25) is 0 Å². The van der Waals surface area contributed by atoms with Crippen molar-refractivity contribution < 1.29 is 129 Å². The molecule has 4 saturated heterocycles. The van der Waals surface area contributed by atoms with Crippen LogP contribution in [0.3, 0.4) is 0 Å². The molecule has 24 atom stereocenters. The van der Waals surface area contributed by atoms with Crippen LogP contribution in [0.15, 0.2) is 0 Å². The van der Waals surface area contributed by atoms with Crippen molar-refractivity contribution >= 4 is 0 Å². The maximum Gasteiger partial charge on any atom is 0.283 e. The topological polar surface area (TPSA) is 441 Å². The van der Waals surface area contributed by atoms with E-state index in [2.05, 4.69) is 0 Å². The molecule has 0 aromatic carbocycles. The summed E-state index contributed by atoms with van der Waals surface area (Å²) in [7, 11) is 0. The summed E-state index contributed by atoms with van der Waals surface area (Å²) in [6.07, 6.45) is -33.9. The molecule has 0 amide bonds. The van der Waals surface area contributed by atoms with Gasteiger partial charge in [-0.15, -0.1) is 0 Å². The normalized spacial score (nSPS) is 42.0. The van der Waals surface area contributed by atoms with E-state index in [0.717, 1.165) is 0 Å². The lowest BCUT2D eigenvalue weighted by Gasteiger charge is -2.59. The van der Waals surface area contributed by atoms with Crippen molar-refractivity contribution in [2.45, 2.75) is 154 Å². The second-order valence-electron chi connectivity index (χ2n) is 16.7. The number of halogens is 2. The number of hydrogen-bond acceptors (Lipinski definition) is 25. The van der Waals surface area contributed by atoms with E-state index in [0.29, 0.717) is 0 Å². The van der Waals surface area contributed by atoms with Gasteiger partial charge in [0.05, 0.1) is 49.8 Å². The maximum atomic E-state index is 13.6. The molecule has 63 heavy (non-hydrogen) atoms. The number of rotatable bonds is 28. The van der Waals surface area contributed by atoms with Gasteiger partial charge in [-0.25, -0.2) is 8.78 Å². The summed E-state index contributed by atoms with van der Waals surface area (Å²) < 4.78 is 64.9. The number of alkyl halides is 2. The molecule has 19 N–H and O–H groups in total. The Morgan fingerprint density at radius 1 is 0.683 bits per heavy atom. The summed E-state index contributed by atoms with van der Waals surface area (Å²) in [5, 5.41) is 181. The van der Waals surface area contributed by atoms with Gasteiger partial charge in [-0.1, -0.05) is 0 Å². The van der Waals surface area contributed by atoms with Crippen LogP contribution < -0.4 is 5.73 Å². The van der Waals surface area contributed by atoms with E-state index in [-0.39, 0.29) is 12.8 Å². The molecule has 370 valence electrons. The van der Waals surface area contributed by atoms with Gasteiger partial charge in [-0.2, -0.15) is 0 Å². The number of epoxide rings is 2. The lowest BCUT2D eigenvalue weighted by molar-refractivity contribution is -0.448. The highest BCUT2D eigenvalue weighted by Crippen LogP contribution is 2.53. The third-order valence-electron chi connectivity index (χ3n) is 12.7. The Morgan fingerprint density at radius 3 is 1.89 bits per heavy atom. The number of aliphatic hydroxyl groups excluding tert-OH is 15. The molecule has 0 radical (unpaired) electrons. The first-order valence-corrected chi connectivity index (χ1v) is 20.6. The van der Waals surface area contributed by atoms with Gasteiger partial charge in [0.25, 0.3) is 5.92 Å². The van der Waals surface area contributed by atoms with E-state index in [1.54, 1.807) is 0 Å². The van der Waals surface area contributed by atoms with Gasteiger partial charge in [0.15, 0.2) is 24.7 Å². The van der Waals surface area contributed by atoms with Crippen LogP contribution in [-0.2, 0) is 33.2 Å². The molecule has 0 aromatic rings. The maximum absolute atomic E-state index is 13.6. The molecule has 5 fully saturated rings. The quantitative estimate of drug-likeness (QED) is 0.0256. The Bertz CT molecular complexity index is 1440. The first kappa shape index (κ1) is 52.8. The van der Waals surface area contributed by atoms with Crippen LogP contribution >= 0.6 is 0 Å². The minimum Gasteiger partial charge on any atom is -0.396 e. The molecular weight excluding hydrogens is 868 g/mol. The highest BCUT2D eigenvalue weighted by atomic mass is 19.3. The van der Waals surface area contributed by atoms with E-state index < -0.39 is 211 Å². The average Bonchev–Trinajstić information content (AvgIpc) is 4.18. The van der Waals surface area contributed by atoms with E-state index in [4.69, 9.17) is 44.0 Å². The molecule has 25 nitrogen and oxygen atoms in total. The fraction of sp³-hybridized carbons (Fsp3) is 1.00. The van der Waals surface area contributed by atoms with Gasteiger partial charge in [0, 0.05) is 50.1 Å².